The average molecular weight is 485 g/mol. The van der Waals surface area contributed by atoms with Crippen LogP contribution in [0.3, 0.4) is 0 Å². The Morgan fingerprint density at radius 3 is 2.54 bits per heavy atom. The maximum atomic E-state index is 13.0. The lowest BCUT2D eigenvalue weighted by Gasteiger charge is -2.24. The van der Waals surface area contributed by atoms with E-state index in [1.165, 1.54) is 41.6 Å². The van der Waals surface area contributed by atoms with E-state index in [0.717, 1.165) is 18.4 Å². The second kappa shape index (κ2) is 12.9. The molecule has 1 aromatic carbocycles. The lowest BCUT2D eigenvalue weighted by atomic mass is 9.86. The van der Waals surface area contributed by atoms with Crippen LogP contribution in [0, 0.1) is 5.92 Å². The highest BCUT2D eigenvalue weighted by Crippen LogP contribution is 2.27. The summed E-state index contributed by atoms with van der Waals surface area (Å²) in [4.78, 5) is 53.8. The zero-order chi connectivity index (χ0) is 25.2. The van der Waals surface area contributed by atoms with Gasteiger partial charge in [-0.25, -0.2) is 4.79 Å². The van der Waals surface area contributed by atoms with Crippen LogP contribution in [-0.4, -0.2) is 34.6 Å². The second-order valence-corrected chi connectivity index (χ2v) is 9.17. The molecule has 0 saturated heterocycles. The minimum atomic E-state index is -0.752. The van der Waals surface area contributed by atoms with Crippen LogP contribution < -0.4 is 21.9 Å². The number of ether oxygens (including phenoxy) is 1. The summed E-state index contributed by atoms with van der Waals surface area (Å²) in [6.07, 6.45) is 8.82. The van der Waals surface area contributed by atoms with Crippen molar-refractivity contribution in [1.82, 2.24) is 9.55 Å². The van der Waals surface area contributed by atoms with Gasteiger partial charge in [0.1, 0.15) is 5.82 Å². The quantitative estimate of drug-likeness (QED) is 0.472. The first-order chi connectivity index (χ1) is 16.9. The van der Waals surface area contributed by atoms with E-state index in [0.29, 0.717) is 12.3 Å². The lowest BCUT2D eigenvalue weighted by Crippen LogP contribution is -2.43. The maximum absolute atomic E-state index is 13.0. The number of benzene rings is 1. The van der Waals surface area contributed by atoms with Gasteiger partial charge >= 0.3 is 11.7 Å². The summed E-state index contributed by atoms with van der Waals surface area (Å²) in [5.74, 6) is -0.418. The summed E-state index contributed by atoms with van der Waals surface area (Å²) in [6.45, 7) is 1.69. The molecule has 35 heavy (non-hydrogen) atoms. The van der Waals surface area contributed by atoms with Crippen LogP contribution in [0.5, 0.6) is 0 Å². The van der Waals surface area contributed by atoms with Gasteiger partial charge in [0.15, 0.2) is 12.3 Å². The van der Waals surface area contributed by atoms with Crippen LogP contribution >= 0.6 is 0 Å². The monoisotopic (exact) mass is 484 g/mol. The molecule has 0 atom stereocenters. The van der Waals surface area contributed by atoms with Gasteiger partial charge < -0.3 is 15.4 Å². The van der Waals surface area contributed by atoms with Gasteiger partial charge in [0, 0.05) is 13.0 Å². The van der Waals surface area contributed by atoms with E-state index in [1.54, 1.807) is 0 Å². The van der Waals surface area contributed by atoms with Gasteiger partial charge in [-0.05, 0) is 30.7 Å². The van der Waals surface area contributed by atoms with Gasteiger partial charge in [-0.3, -0.25) is 23.9 Å². The molecule has 0 spiro atoms. The molecule has 3 rings (SSSR count). The molecule has 3 N–H and O–H groups in total. The van der Waals surface area contributed by atoms with Crippen LogP contribution in [0.4, 0.5) is 11.5 Å². The number of nitrogen functional groups attached to an aromatic ring is 1. The zero-order valence-electron chi connectivity index (χ0n) is 20.5. The van der Waals surface area contributed by atoms with Crippen LogP contribution in [0.25, 0.3) is 0 Å². The molecule has 1 aliphatic carbocycles. The molecule has 0 unspecified atom stereocenters. The highest BCUT2D eigenvalue weighted by atomic mass is 16.5. The molecule has 2 aromatic rings. The molecule has 1 heterocycles. The van der Waals surface area contributed by atoms with Crippen molar-refractivity contribution >= 4 is 23.4 Å². The number of carbonyl (C=O) groups is 2. The molecule has 9 nitrogen and oxygen atoms in total. The number of rotatable bonds is 11. The third-order valence-electron chi connectivity index (χ3n) is 6.49. The maximum Gasteiger partial charge on any atom is 0.330 e. The Kier molecular flexibility index (Phi) is 9.69. The molecule has 0 aliphatic heterocycles. The minimum Gasteiger partial charge on any atom is -0.456 e. The Balaban J connectivity index is 1.67. The van der Waals surface area contributed by atoms with E-state index in [9.17, 15) is 19.2 Å². The summed E-state index contributed by atoms with van der Waals surface area (Å²) in [5, 5.41) is 0. The standard InChI is InChI=1S/C26H36N4O5/c1-2-16-29(21(31)18-35-22(32)15-9-14-19-10-5-3-6-11-19)23-24(27)30(26(34)28-25(23)33)17-20-12-7-4-8-13-20/h4,7-8,12-13,19H,2-3,5-6,9-11,14-18,27H2,1H3,(H,28,33,34). The Morgan fingerprint density at radius 1 is 1.14 bits per heavy atom. The number of anilines is 2. The fraction of sp³-hybridized carbons (Fsp3) is 0.538. The van der Waals surface area contributed by atoms with E-state index >= 15 is 0 Å². The zero-order valence-corrected chi connectivity index (χ0v) is 20.5. The SMILES string of the molecule is CCCN(C(=O)COC(=O)CCCC1CCCCC1)c1c(N)n(Cc2ccccc2)c(=O)[nH]c1=O. The first-order valence-electron chi connectivity index (χ1n) is 12.5. The Labute approximate surface area is 205 Å². The first kappa shape index (κ1) is 26.2. The molecule has 1 saturated carbocycles. The van der Waals surface area contributed by atoms with E-state index in [4.69, 9.17) is 10.5 Å². The number of H-pyrrole nitrogens is 1. The van der Waals surface area contributed by atoms with Crippen LogP contribution in [0.15, 0.2) is 39.9 Å². The van der Waals surface area contributed by atoms with Gasteiger partial charge in [0.05, 0.1) is 6.54 Å². The predicted octanol–water partition coefficient (Wildman–Crippen LogP) is 3.20. The number of nitrogens with two attached hydrogens (primary N) is 1. The van der Waals surface area contributed by atoms with Gasteiger partial charge in [0.25, 0.3) is 11.5 Å². The summed E-state index contributed by atoms with van der Waals surface area (Å²) in [5.41, 5.74) is 5.53. The van der Waals surface area contributed by atoms with Crippen LogP contribution in [0.1, 0.15) is 70.3 Å². The molecular weight excluding hydrogens is 448 g/mol. The number of nitrogens with zero attached hydrogens (tertiary/aromatic N) is 2. The van der Waals surface area contributed by atoms with Crippen molar-refractivity contribution in [1.29, 1.82) is 0 Å². The normalized spacial score (nSPS) is 14.0. The number of aromatic amines is 1. The molecule has 1 amide bonds. The molecule has 190 valence electrons. The Bertz CT molecular complexity index is 1100. The number of esters is 1. The van der Waals surface area contributed by atoms with Crippen molar-refractivity contribution < 1.29 is 14.3 Å². The van der Waals surface area contributed by atoms with Gasteiger partial charge in [0.2, 0.25) is 0 Å². The molecule has 0 radical (unpaired) electrons. The van der Waals surface area contributed by atoms with Crippen LogP contribution in [-0.2, 0) is 20.9 Å². The first-order valence-corrected chi connectivity index (χ1v) is 12.5. The van der Waals surface area contributed by atoms with Crippen molar-refractivity contribution in [2.45, 2.75) is 71.3 Å². The average Bonchev–Trinajstić information content (AvgIpc) is 2.86. The molecule has 0 bridgehead atoms. The molecular formula is C26H36N4O5. The van der Waals surface area contributed by atoms with Crippen molar-refractivity contribution in [2.24, 2.45) is 5.92 Å². The minimum absolute atomic E-state index is 0.108. The molecule has 1 aliphatic rings. The van der Waals surface area contributed by atoms with Crippen LogP contribution in [0.2, 0.25) is 0 Å². The molecule has 1 aromatic heterocycles. The molecule has 1 fully saturated rings. The van der Waals surface area contributed by atoms with Crippen molar-refractivity contribution in [3.63, 3.8) is 0 Å². The third-order valence-corrected chi connectivity index (χ3v) is 6.49. The van der Waals surface area contributed by atoms with E-state index in [1.807, 2.05) is 37.3 Å². The van der Waals surface area contributed by atoms with Gasteiger partial charge in [-0.1, -0.05) is 69.4 Å². The van der Waals surface area contributed by atoms with E-state index in [2.05, 4.69) is 4.98 Å². The number of hydrogen-bond donors (Lipinski definition) is 2. The van der Waals surface area contributed by atoms with Crippen molar-refractivity contribution in [3.05, 3.63) is 56.7 Å². The van der Waals surface area contributed by atoms with E-state index in [-0.39, 0.29) is 31.0 Å². The summed E-state index contributed by atoms with van der Waals surface area (Å²) < 4.78 is 6.44. The number of amides is 1. The Morgan fingerprint density at radius 2 is 1.86 bits per heavy atom. The summed E-state index contributed by atoms with van der Waals surface area (Å²) in [7, 11) is 0. The largest absolute Gasteiger partial charge is 0.456 e. The fourth-order valence-electron chi connectivity index (χ4n) is 4.65. The number of aromatic nitrogens is 2. The third kappa shape index (κ3) is 7.31. The van der Waals surface area contributed by atoms with Gasteiger partial charge in [-0.15, -0.1) is 0 Å². The fourth-order valence-corrected chi connectivity index (χ4v) is 4.65. The summed E-state index contributed by atoms with van der Waals surface area (Å²) >= 11 is 0. The predicted molar refractivity (Wildman–Crippen MR) is 135 cm³/mol. The molecule has 9 heteroatoms. The number of nitrogens with one attached hydrogen (secondary N) is 1. The highest BCUT2D eigenvalue weighted by molar-refractivity contribution is 5.97. The Hall–Kier alpha value is -3.36. The number of hydrogen-bond acceptors (Lipinski definition) is 6. The topological polar surface area (TPSA) is 127 Å². The van der Waals surface area contributed by atoms with E-state index < -0.39 is 29.7 Å². The lowest BCUT2D eigenvalue weighted by molar-refractivity contribution is -0.148. The second-order valence-electron chi connectivity index (χ2n) is 9.17. The van der Waals surface area contributed by atoms with Gasteiger partial charge in [-0.2, -0.15) is 0 Å². The van der Waals surface area contributed by atoms with Crippen molar-refractivity contribution in [2.75, 3.05) is 23.8 Å². The summed E-state index contributed by atoms with van der Waals surface area (Å²) in [6, 6.07) is 9.19. The highest BCUT2D eigenvalue weighted by Gasteiger charge is 2.25. The smallest absolute Gasteiger partial charge is 0.330 e. The van der Waals surface area contributed by atoms with Crippen molar-refractivity contribution in [3.8, 4) is 0 Å². The number of carbonyl (C=O) groups excluding carboxylic acids is 2.